The van der Waals surface area contributed by atoms with Crippen molar-refractivity contribution in [1.82, 2.24) is 0 Å². The van der Waals surface area contributed by atoms with Gasteiger partial charge in [-0.2, -0.15) is 0 Å². The molecule has 0 aliphatic carbocycles. The molecule has 0 bridgehead atoms. The van der Waals surface area contributed by atoms with Crippen molar-refractivity contribution in [3.63, 3.8) is 0 Å². The summed E-state index contributed by atoms with van der Waals surface area (Å²) in [4.78, 5) is 4.75. The second kappa shape index (κ2) is 12.4. The Morgan fingerprint density at radius 1 is 1.12 bits per heavy atom. The summed E-state index contributed by atoms with van der Waals surface area (Å²) in [6.45, 7) is 11.9. The van der Waals surface area contributed by atoms with Crippen LogP contribution in [-0.2, 0) is 9.57 Å². The van der Waals surface area contributed by atoms with Crippen molar-refractivity contribution in [2.45, 2.75) is 53.6 Å². The van der Waals surface area contributed by atoms with Gasteiger partial charge in [0.2, 0.25) is 0 Å². The van der Waals surface area contributed by atoms with Gasteiger partial charge in [-0.1, -0.05) is 17.3 Å². The van der Waals surface area contributed by atoms with Crippen molar-refractivity contribution in [3.05, 3.63) is 35.4 Å². The van der Waals surface area contributed by atoms with E-state index in [1.54, 1.807) is 7.11 Å². The van der Waals surface area contributed by atoms with Gasteiger partial charge in [-0.15, -0.1) is 0 Å². The van der Waals surface area contributed by atoms with Crippen LogP contribution in [0.3, 0.4) is 0 Å². The van der Waals surface area contributed by atoms with Gasteiger partial charge in [-0.25, -0.2) is 0 Å². The van der Waals surface area contributed by atoms with Gasteiger partial charge >= 0.3 is 0 Å². The lowest BCUT2D eigenvalue weighted by atomic mass is 10.1. The van der Waals surface area contributed by atoms with Crippen molar-refractivity contribution in [2.75, 3.05) is 26.9 Å². The Bertz CT molecular complexity index is 573. The Morgan fingerprint density at radius 2 is 1.77 bits per heavy atom. The maximum atomic E-state index is 5.97. The van der Waals surface area contributed by atoms with E-state index < -0.39 is 0 Å². The normalized spacial score (nSPS) is 13.1. The first kappa shape index (κ1) is 22.0. The number of allylic oxidation sites excluding steroid dienone is 1. The van der Waals surface area contributed by atoms with Crippen molar-refractivity contribution in [2.24, 2.45) is 5.16 Å². The lowest BCUT2D eigenvalue weighted by molar-refractivity contribution is 0.0981. The molecule has 0 radical (unpaired) electrons. The first-order valence-corrected chi connectivity index (χ1v) is 9.16. The lowest BCUT2D eigenvalue weighted by Crippen LogP contribution is -2.19. The fraction of sp³-hybridized carbons (Fsp3) is 0.571. The van der Waals surface area contributed by atoms with Crippen LogP contribution >= 0.6 is 0 Å². The molecule has 0 saturated carbocycles. The predicted octanol–water partition coefficient (Wildman–Crippen LogP) is 4.84. The number of unbranched alkanes of at least 4 members (excludes halogenated alkanes) is 1. The Hall–Kier alpha value is -2.01. The van der Waals surface area contributed by atoms with E-state index in [0.717, 1.165) is 41.2 Å². The summed E-state index contributed by atoms with van der Waals surface area (Å²) in [6.07, 6.45) is 5.81. The van der Waals surface area contributed by atoms with Gasteiger partial charge < -0.3 is 19.0 Å². The highest BCUT2D eigenvalue weighted by molar-refractivity contribution is 5.85. The molecular formula is C21H33NO4. The van der Waals surface area contributed by atoms with Crippen LogP contribution in [0.25, 0.3) is 0 Å². The smallest absolute Gasteiger partial charge is 0.125 e. The third-order valence-corrected chi connectivity index (χ3v) is 3.99. The van der Waals surface area contributed by atoms with Crippen molar-refractivity contribution < 1.29 is 19.0 Å². The van der Waals surface area contributed by atoms with Crippen molar-refractivity contribution in [1.29, 1.82) is 0 Å². The van der Waals surface area contributed by atoms with Crippen LogP contribution in [0.2, 0.25) is 0 Å². The second-order valence-corrected chi connectivity index (χ2v) is 6.25. The second-order valence-electron chi connectivity index (χ2n) is 6.25. The molecule has 0 spiro atoms. The molecule has 1 aromatic rings. The van der Waals surface area contributed by atoms with E-state index in [0.29, 0.717) is 19.8 Å². The minimum Gasteiger partial charge on any atom is -0.493 e. The Morgan fingerprint density at radius 3 is 2.38 bits per heavy atom. The highest BCUT2D eigenvalue weighted by Gasteiger charge is 2.08. The average Bonchev–Trinajstić information content (AvgIpc) is 2.60. The number of rotatable bonds is 12. The molecule has 0 saturated heterocycles. The maximum absolute atomic E-state index is 5.97. The minimum absolute atomic E-state index is 0.0320. The molecule has 1 unspecified atom stereocenters. The summed E-state index contributed by atoms with van der Waals surface area (Å²) in [5.74, 6) is 1.82. The third-order valence-electron chi connectivity index (χ3n) is 3.99. The molecule has 0 N–H and O–H groups in total. The number of oxime groups is 1. The van der Waals surface area contributed by atoms with E-state index in [1.807, 2.05) is 58.9 Å². The summed E-state index contributed by atoms with van der Waals surface area (Å²) >= 11 is 0. The number of hydrogen-bond donors (Lipinski definition) is 0. The van der Waals surface area contributed by atoms with E-state index in [4.69, 9.17) is 19.0 Å². The number of benzene rings is 1. The van der Waals surface area contributed by atoms with Crippen LogP contribution in [0, 0.1) is 13.8 Å². The van der Waals surface area contributed by atoms with Gasteiger partial charge in [-0.3, -0.25) is 0 Å². The molecule has 5 nitrogen and oxygen atoms in total. The molecule has 0 aromatic heterocycles. The van der Waals surface area contributed by atoms with Gasteiger partial charge in [0, 0.05) is 6.61 Å². The van der Waals surface area contributed by atoms with Gasteiger partial charge in [0.1, 0.15) is 25.2 Å². The number of hydrogen-bond acceptors (Lipinski definition) is 5. The van der Waals surface area contributed by atoms with Crippen LogP contribution < -0.4 is 9.47 Å². The maximum Gasteiger partial charge on any atom is 0.125 e. The number of aryl methyl sites for hydroxylation is 2. The topological polar surface area (TPSA) is 49.3 Å². The summed E-state index contributed by atoms with van der Waals surface area (Å²) < 4.78 is 17.4. The molecule has 0 amide bonds. The van der Waals surface area contributed by atoms with Gasteiger partial charge in [0.15, 0.2) is 0 Å². The lowest BCUT2D eigenvalue weighted by Gasteiger charge is -2.15. The van der Waals surface area contributed by atoms with E-state index >= 15 is 0 Å². The molecule has 5 heteroatoms. The molecule has 1 rings (SSSR count). The standard InChI is InChI=1S/C21H33NO4/c1-7-8-11-25-20-14-16(2)21(17(3)15-20)26-13-10-9-12-24-19(5)18(4)22-23-6/h7-8,14-15,19H,9-13H2,1-6H3/b8-7+,22-18+. The predicted molar refractivity (Wildman–Crippen MR) is 106 cm³/mol. The highest BCUT2D eigenvalue weighted by Crippen LogP contribution is 2.28. The Labute approximate surface area is 158 Å². The fourth-order valence-electron chi connectivity index (χ4n) is 2.44. The van der Waals surface area contributed by atoms with Crippen LogP contribution in [0.4, 0.5) is 0 Å². The summed E-state index contributed by atoms with van der Waals surface area (Å²) in [5.41, 5.74) is 3.03. The van der Waals surface area contributed by atoms with E-state index in [1.165, 1.54) is 0 Å². The number of nitrogens with zero attached hydrogens (tertiary/aromatic N) is 1. The van der Waals surface area contributed by atoms with Crippen molar-refractivity contribution >= 4 is 5.71 Å². The summed E-state index contributed by atoms with van der Waals surface area (Å²) in [7, 11) is 1.54. The molecule has 0 aliphatic heterocycles. The monoisotopic (exact) mass is 363 g/mol. The molecule has 0 aliphatic rings. The zero-order chi connectivity index (χ0) is 19.4. The molecule has 0 heterocycles. The zero-order valence-corrected chi connectivity index (χ0v) is 17.0. The quantitative estimate of drug-likeness (QED) is 0.231. The number of ether oxygens (including phenoxy) is 3. The minimum atomic E-state index is -0.0320. The fourth-order valence-corrected chi connectivity index (χ4v) is 2.44. The molecule has 146 valence electrons. The van der Waals surface area contributed by atoms with Crippen LogP contribution in [0.5, 0.6) is 11.5 Å². The van der Waals surface area contributed by atoms with E-state index in [9.17, 15) is 0 Å². The van der Waals surface area contributed by atoms with Crippen LogP contribution in [0.15, 0.2) is 29.4 Å². The largest absolute Gasteiger partial charge is 0.493 e. The van der Waals surface area contributed by atoms with Crippen LogP contribution in [-0.4, -0.2) is 38.7 Å². The highest BCUT2D eigenvalue weighted by atomic mass is 16.6. The first-order valence-electron chi connectivity index (χ1n) is 9.16. The molecule has 26 heavy (non-hydrogen) atoms. The first-order chi connectivity index (χ1) is 12.5. The van der Waals surface area contributed by atoms with Crippen LogP contribution in [0.1, 0.15) is 44.7 Å². The van der Waals surface area contributed by atoms with Gasteiger partial charge in [-0.05, 0) is 70.7 Å². The Kier molecular flexibility index (Phi) is 10.5. The zero-order valence-electron chi connectivity index (χ0n) is 17.0. The third kappa shape index (κ3) is 7.91. The van der Waals surface area contributed by atoms with Gasteiger partial charge in [0.25, 0.3) is 0 Å². The molecule has 1 aromatic carbocycles. The summed E-state index contributed by atoms with van der Waals surface area (Å²) in [5, 5.41) is 3.88. The van der Waals surface area contributed by atoms with Crippen molar-refractivity contribution in [3.8, 4) is 11.5 Å². The average molecular weight is 363 g/mol. The summed E-state index contributed by atoms with van der Waals surface area (Å²) in [6, 6.07) is 4.04. The molecular weight excluding hydrogens is 330 g/mol. The SMILES string of the molecule is C/C=C/COc1cc(C)c(OCCCCOC(C)/C(C)=N/OC)c(C)c1. The van der Waals surface area contributed by atoms with E-state index in [2.05, 4.69) is 5.16 Å². The molecule has 0 fully saturated rings. The van der Waals surface area contributed by atoms with E-state index in [-0.39, 0.29) is 6.10 Å². The van der Waals surface area contributed by atoms with Gasteiger partial charge in [0.05, 0.1) is 18.4 Å². The molecule has 1 atom stereocenters. The Balaban J connectivity index is 2.36.